The minimum absolute atomic E-state index is 0.816. The van der Waals surface area contributed by atoms with Crippen molar-refractivity contribution in [2.45, 2.75) is 110 Å². The van der Waals surface area contributed by atoms with Gasteiger partial charge in [0.05, 0.1) is 0 Å². The molecule has 152 valence electrons. The highest BCUT2D eigenvalue weighted by Crippen LogP contribution is 2.36. The fourth-order valence-electron chi connectivity index (χ4n) is 4.57. The van der Waals surface area contributed by atoms with Gasteiger partial charge in [0.15, 0.2) is 0 Å². The van der Waals surface area contributed by atoms with Crippen LogP contribution in [0.3, 0.4) is 0 Å². The Morgan fingerprint density at radius 1 is 0.560 bits per heavy atom. The van der Waals surface area contributed by atoms with Crippen LogP contribution in [-0.2, 0) is 0 Å². The van der Waals surface area contributed by atoms with E-state index in [1.54, 1.807) is 0 Å². The van der Waals surface area contributed by atoms with E-state index in [1.165, 1.54) is 62.1 Å². The second-order valence-corrected chi connectivity index (χ2v) is 27.4. The van der Waals surface area contributed by atoms with Crippen LogP contribution < -0.4 is 0 Å². The minimum atomic E-state index is -2.41. The molecular weight excluding hydrogens is 421 g/mol. The Balaban J connectivity index is 4.99. The van der Waals surface area contributed by atoms with Crippen molar-refractivity contribution in [3.63, 3.8) is 0 Å². The predicted molar refractivity (Wildman–Crippen MR) is 128 cm³/mol. The van der Waals surface area contributed by atoms with Gasteiger partial charge < -0.3 is 4.23 Å². The van der Waals surface area contributed by atoms with Crippen molar-refractivity contribution >= 4 is 55.7 Å². The molecular formula is C18H42Cl3NSi3. The summed E-state index contributed by atoms with van der Waals surface area (Å²) in [6.45, 7) is 16.1. The van der Waals surface area contributed by atoms with Crippen LogP contribution in [0.2, 0.25) is 42.3 Å². The maximum Gasteiger partial charge on any atom is 0.341 e. The van der Waals surface area contributed by atoms with Crippen LogP contribution in [-0.4, -0.2) is 33.2 Å². The van der Waals surface area contributed by atoms with E-state index in [0.29, 0.717) is 0 Å². The first-order valence-electron chi connectivity index (χ1n) is 10.5. The number of hydrogen-bond acceptors (Lipinski definition) is 1. The molecule has 1 nitrogen and oxygen atoms in total. The van der Waals surface area contributed by atoms with Crippen molar-refractivity contribution in [3.8, 4) is 0 Å². The lowest BCUT2D eigenvalue weighted by molar-refractivity contribution is 0.524. The highest BCUT2D eigenvalue weighted by atomic mass is 35.8. The van der Waals surface area contributed by atoms with Gasteiger partial charge in [0.1, 0.15) is 16.5 Å². The standard InChI is InChI=1S/C18H42Cl3NSi3/c1-7-23(8-2,9-3)22(24(10-4,11-5)12-6)17-15-13-14-16-18-25(19,20)21/h7-18H2,1-6H3. The number of unbranched alkanes of at least 4 members (excludes halogenated alkanes) is 3. The third-order valence-electron chi connectivity index (χ3n) is 6.69. The first-order chi connectivity index (χ1) is 11.7. The third kappa shape index (κ3) is 8.16. The summed E-state index contributed by atoms with van der Waals surface area (Å²) in [7, 11) is -2.61. The van der Waals surface area contributed by atoms with E-state index in [0.717, 1.165) is 12.5 Å². The Bertz CT molecular complexity index is 306. The molecule has 0 unspecified atom stereocenters. The van der Waals surface area contributed by atoms with Crippen LogP contribution >= 0.6 is 33.2 Å². The van der Waals surface area contributed by atoms with Crippen molar-refractivity contribution in [2.24, 2.45) is 0 Å². The van der Waals surface area contributed by atoms with Crippen molar-refractivity contribution in [3.05, 3.63) is 0 Å². The quantitative estimate of drug-likeness (QED) is 0.134. The van der Waals surface area contributed by atoms with E-state index in [2.05, 4.69) is 45.8 Å². The molecule has 0 atom stereocenters. The van der Waals surface area contributed by atoms with Crippen LogP contribution in [0, 0.1) is 0 Å². The number of halogens is 3. The van der Waals surface area contributed by atoms with Crippen molar-refractivity contribution in [2.75, 3.05) is 6.54 Å². The second kappa shape index (κ2) is 12.8. The van der Waals surface area contributed by atoms with Gasteiger partial charge in [-0.05, 0) is 55.3 Å². The maximum atomic E-state index is 6.00. The van der Waals surface area contributed by atoms with E-state index in [4.69, 9.17) is 33.2 Å². The topological polar surface area (TPSA) is 3.24 Å². The highest BCUT2D eigenvalue weighted by Gasteiger charge is 2.45. The van der Waals surface area contributed by atoms with Crippen LogP contribution in [0.15, 0.2) is 0 Å². The Hall–Kier alpha value is 1.48. The molecule has 0 amide bonds. The summed E-state index contributed by atoms with van der Waals surface area (Å²) in [4.78, 5) is 0. The molecule has 7 heteroatoms. The maximum absolute atomic E-state index is 6.00. The van der Waals surface area contributed by atoms with Crippen molar-refractivity contribution in [1.82, 2.24) is 4.23 Å². The molecule has 0 N–H and O–H groups in total. The monoisotopic (exact) mass is 461 g/mol. The SMILES string of the molecule is CC[Si](CC)(CC)N(CCCCCC[Si](Cl)(Cl)Cl)[Si](CC)(CC)CC. The fourth-order valence-corrected chi connectivity index (χ4v) is 19.9. The molecule has 0 radical (unpaired) electrons. The van der Waals surface area contributed by atoms with Gasteiger partial charge in [-0.15, -0.1) is 33.2 Å². The first-order valence-corrected chi connectivity index (χ1v) is 20.9. The summed E-state index contributed by atoms with van der Waals surface area (Å²) in [5.74, 6) is 0. The van der Waals surface area contributed by atoms with Gasteiger partial charge in [-0.3, -0.25) is 0 Å². The lowest BCUT2D eigenvalue weighted by atomic mass is 10.2. The Labute approximate surface area is 175 Å². The molecule has 0 spiro atoms. The Morgan fingerprint density at radius 3 is 1.24 bits per heavy atom. The molecule has 25 heavy (non-hydrogen) atoms. The molecule has 0 bridgehead atoms. The van der Waals surface area contributed by atoms with Gasteiger partial charge in [-0.2, -0.15) is 0 Å². The molecule has 0 aliphatic rings. The molecule has 0 aliphatic carbocycles. The number of nitrogens with zero attached hydrogens (tertiary/aromatic N) is 1. The van der Waals surface area contributed by atoms with Crippen LogP contribution in [0.25, 0.3) is 0 Å². The Morgan fingerprint density at radius 2 is 0.920 bits per heavy atom. The molecule has 0 saturated heterocycles. The average Bonchev–Trinajstić information content (AvgIpc) is 2.60. The molecule has 0 aromatic carbocycles. The number of hydrogen-bond donors (Lipinski definition) is 0. The van der Waals surface area contributed by atoms with Gasteiger partial charge in [-0.25, -0.2) is 0 Å². The molecule has 0 fully saturated rings. The second-order valence-electron chi connectivity index (χ2n) is 7.50. The molecule has 0 heterocycles. The van der Waals surface area contributed by atoms with Crippen LogP contribution in [0.1, 0.15) is 67.2 Å². The van der Waals surface area contributed by atoms with Gasteiger partial charge in [0, 0.05) is 0 Å². The summed E-state index contributed by atoms with van der Waals surface area (Å²) < 4.78 is 3.18. The van der Waals surface area contributed by atoms with E-state index in [-0.39, 0.29) is 0 Å². The summed E-state index contributed by atoms with van der Waals surface area (Å²) in [6, 6.07) is 6.86. The fraction of sp³-hybridized carbons (Fsp3) is 1.00. The molecule has 0 aromatic heterocycles. The van der Waals surface area contributed by atoms with E-state index in [1.807, 2.05) is 0 Å². The summed E-state index contributed by atoms with van der Waals surface area (Å²) >= 11 is 18.0. The molecule has 0 aromatic rings. The van der Waals surface area contributed by atoms with E-state index in [9.17, 15) is 0 Å². The zero-order valence-electron chi connectivity index (χ0n) is 17.6. The zero-order valence-corrected chi connectivity index (χ0v) is 22.8. The smallest absolute Gasteiger partial charge is 0.341 e. The zero-order chi connectivity index (χ0) is 19.6. The van der Waals surface area contributed by atoms with Crippen molar-refractivity contribution < 1.29 is 0 Å². The summed E-state index contributed by atoms with van der Waals surface area (Å²) in [6.07, 6.45) is 4.91. The summed E-state index contributed by atoms with van der Waals surface area (Å²) in [5.41, 5.74) is 0. The molecule has 0 aliphatic heterocycles. The van der Waals surface area contributed by atoms with Crippen LogP contribution in [0.4, 0.5) is 0 Å². The Kier molecular flexibility index (Phi) is 13.6. The van der Waals surface area contributed by atoms with E-state index >= 15 is 0 Å². The average molecular weight is 463 g/mol. The van der Waals surface area contributed by atoms with E-state index < -0.39 is 22.5 Å². The van der Waals surface area contributed by atoms with Gasteiger partial charge in [0.2, 0.25) is 0 Å². The largest absolute Gasteiger partial charge is 0.345 e. The minimum Gasteiger partial charge on any atom is -0.345 e. The van der Waals surface area contributed by atoms with Crippen LogP contribution in [0.5, 0.6) is 0 Å². The molecule has 0 saturated carbocycles. The third-order valence-corrected chi connectivity index (χ3v) is 22.8. The lowest BCUT2D eigenvalue weighted by Gasteiger charge is -2.52. The van der Waals surface area contributed by atoms with Gasteiger partial charge in [-0.1, -0.05) is 60.8 Å². The predicted octanol–water partition coefficient (Wildman–Crippen LogP) is 8.51. The lowest BCUT2D eigenvalue weighted by Crippen LogP contribution is -2.66. The highest BCUT2D eigenvalue weighted by molar-refractivity contribution is 7.64. The van der Waals surface area contributed by atoms with Gasteiger partial charge in [0.25, 0.3) is 0 Å². The van der Waals surface area contributed by atoms with Crippen molar-refractivity contribution in [1.29, 1.82) is 0 Å². The summed E-state index contributed by atoms with van der Waals surface area (Å²) in [5, 5.41) is 0. The molecule has 0 rings (SSSR count). The number of rotatable bonds is 15. The first kappa shape index (κ1) is 26.5. The van der Waals surface area contributed by atoms with Gasteiger partial charge >= 0.3 is 6.00 Å². The normalized spacial score (nSPS) is 13.7.